The Hall–Kier alpha value is -1.90. The molecular weight excluding hydrogens is 469 g/mol. The van der Waals surface area contributed by atoms with Crippen molar-refractivity contribution in [2.24, 2.45) is 5.73 Å². The van der Waals surface area contributed by atoms with Gasteiger partial charge in [-0.1, -0.05) is 56.7 Å². The van der Waals surface area contributed by atoms with Crippen LogP contribution >= 0.6 is 22.9 Å². The monoisotopic (exact) mass is 498 g/mol. The number of nitrogens with two attached hydrogens (primary N) is 1. The molecule has 4 nitrogen and oxygen atoms in total. The van der Waals surface area contributed by atoms with E-state index in [0.717, 1.165) is 30.6 Å². The number of aromatic nitrogens is 2. The van der Waals surface area contributed by atoms with E-state index >= 15 is 0 Å². The summed E-state index contributed by atoms with van der Waals surface area (Å²) < 4.78 is 42.6. The van der Waals surface area contributed by atoms with Gasteiger partial charge in [-0.3, -0.25) is 4.98 Å². The zero-order valence-electron chi connectivity index (χ0n) is 19.0. The van der Waals surface area contributed by atoms with E-state index in [0.29, 0.717) is 27.1 Å². The second-order valence-electron chi connectivity index (χ2n) is 8.48. The van der Waals surface area contributed by atoms with Crippen LogP contribution < -0.4 is 5.73 Å². The van der Waals surface area contributed by atoms with Crippen LogP contribution in [0.15, 0.2) is 47.9 Å². The van der Waals surface area contributed by atoms with Crippen LogP contribution in [0, 0.1) is 0 Å². The van der Waals surface area contributed by atoms with Crippen molar-refractivity contribution in [2.75, 3.05) is 13.6 Å². The van der Waals surface area contributed by atoms with E-state index in [-0.39, 0.29) is 12.1 Å². The first-order valence-electron chi connectivity index (χ1n) is 11.2. The maximum atomic E-state index is 14.1. The van der Waals surface area contributed by atoms with E-state index in [1.807, 2.05) is 0 Å². The molecule has 2 N–H and O–H groups in total. The number of nitrogens with zero attached hydrogens (tertiary/aromatic N) is 3. The van der Waals surface area contributed by atoms with Crippen LogP contribution in [0.25, 0.3) is 11.3 Å². The maximum Gasteiger partial charge on any atom is 0.414 e. The van der Waals surface area contributed by atoms with Gasteiger partial charge in [-0.2, -0.15) is 13.2 Å². The van der Waals surface area contributed by atoms with E-state index < -0.39 is 17.3 Å². The number of allylic oxidation sites excluding steroid dienone is 1. The molecule has 0 saturated heterocycles. The Bertz CT molecular complexity index is 987. The third-order valence-electron chi connectivity index (χ3n) is 5.84. The van der Waals surface area contributed by atoms with Crippen LogP contribution in [0.1, 0.15) is 56.9 Å². The summed E-state index contributed by atoms with van der Waals surface area (Å²) in [6.07, 6.45) is 7.98. The van der Waals surface area contributed by atoms with Gasteiger partial charge in [0, 0.05) is 43.7 Å². The largest absolute Gasteiger partial charge is 0.414 e. The summed E-state index contributed by atoms with van der Waals surface area (Å²) >= 11 is 7.48. The predicted molar refractivity (Wildman–Crippen MR) is 129 cm³/mol. The second-order valence-corrected chi connectivity index (χ2v) is 10.1. The third kappa shape index (κ3) is 6.37. The van der Waals surface area contributed by atoms with Crippen LogP contribution in [-0.4, -0.2) is 34.6 Å². The van der Waals surface area contributed by atoms with Gasteiger partial charge in [-0.25, -0.2) is 4.98 Å². The number of hydrogen-bond acceptors (Lipinski definition) is 5. The number of halogens is 4. The molecule has 0 fully saturated rings. The average Bonchev–Trinajstić information content (AvgIpc) is 3.18. The lowest BCUT2D eigenvalue weighted by Gasteiger charge is -2.34. The summed E-state index contributed by atoms with van der Waals surface area (Å²) in [6.45, 7) is 2.72. The summed E-state index contributed by atoms with van der Waals surface area (Å²) in [4.78, 5) is 10.3. The number of pyridine rings is 1. The molecule has 1 aliphatic carbocycles. The molecule has 1 aliphatic rings. The van der Waals surface area contributed by atoms with Crippen molar-refractivity contribution >= 4 is 22.9 Å². The fourth-order valence-corrected chi connectivity index (χ4v) is 5.22. The molecular formula is C24H30ClF3N4S. The highest BCUT2D eigenvalue weighted by molar-refractivity contribution is 7.16. The van der Waals surface area contributed by atoms with Crippen molar-refractivity contribution in [2.45, 2.75) is 63.6 Å². The minimum Gasteiger partial charge on any atom is -0.374 e. The highest BCUT2D eigenvalue weighted by atomic mass is 35.5. The minimum atomic E-state index is -4.49. The summed E-state index contributed by atoms with van der Waals surface area (Å²) in [7, 11) is 1.71. The lowest BCUT2D eigenvalue weighted by molar-refractivity contribution is -0.0975. The van der Waals surface area contributed by atoms with Gasteiger partial charge in [0.2, 0.25) is 0 Å². The summed E-state index contributed by atoms with van der Waals surface area (Å²) in [5.74, 6) is 0. The summed E-state index contributed by atoms with van der Waals surface area (Å²) in [5.41, 5.74) is 5.82. The van der Waals surface area contributed by atoms with Gasteiger partial charge in [0.25, 0.3) is 0 Å². The number of hydrogen-bond donors (Lipinski definition) is 1. The fourth-order valence-electron chi connectivity index (χ4n) is 3.95. The molecule has 3 rings (SSSR count). The number of rotatable bonds is 10. The fraction of sp³-hybridized carbons (Fsp3) is 0.500. The molecule has 0 aliphatic heterocycles. The van der Waals surface area contributed by atoms with Gasteiger partial charge in [-0.15, -0.1) is 11.3 Å². The van der Waals surface area contributed by atoms with Gasteiger partial charge < -0.3 is 10.6 Å². The molecule has 1 unspecified atom stereocenters. The highest BCUT2D eigenvalue weighted by Crippen LogP contribution is 2.45. The van der Waals surface area contributed by atoms with Gasteiger partial charge in [0.1, 0.15) is 15.0 Å². The first kappa shape index (κ1) is 25.7. The molecule has 9 heteroatoms. The standard InChI is InChI=1S/C24H30ClF3N4S/c1-3-4-5-6-7-8-14-32(2)19-11-12-23(29,15-18(19)24(26,27)28)22-31-20(21(25)33-22)17-10-9-13-30-16-17/h9-13,16H,3-8,14-15,29H2,1-2H3. The Morgan fingerprint density at radius 1 is 1.21 bits per heavy atom. The molecule has 2 aromatic rings. The number of alkyl halides is 3. The number of unbranched alkanes of at least 4 members (excludes halogenated alkanes) is 5. The Labute approximate surface area is 202 Å². The number of likely N-dealkylation sites (N-methyl/N-ethyl adjacent to an activating group) is 1. The zero-order valence-corrected chi connectivity index (χ0v) is 20.5. The van der Waals surface area contributed by atoms with E-state index in [4.69, 9.17) is 17.3 Å². The predicted octanol–water partition coefficient (Wildman–Crippen LogP) is 7.08. The molecule has 2 heterocycles. The maximum absolute atomic E-state index is 14.1. The first-order valence-corrected chi connectivity index (χ1v) is 12.4. The summed E-state index contributed by atoms with van der Waals surface area (Å²) in [5, 5.41) is 0.349. The van der Waals surface area contributed by atoms with Crippen LogP contribution in [0.4, 0.5) is 13.2 Å². The Morgan fingerprint density at radius 3 is 2.61 bits per heavy atom. The molecule has 1 atom stereocenters. The quantitative estimate of drug-likeness (QED) is 0.355. The van der Waals surface area contributed by atoms with Crippen LogP contribution in [-0.2, 0) is 5.54 Å². The lowest BCUT2D eigenvalue weighted by Crippen LogP contribution is -2.40. The Balaban J connectivity index is 1.79. The molecule has 0 radical (unpaired) electrons. The Morgan fingerprint density at radius 2 is 1.94 bits per heavy atom. The number of thiazole rings is 1. The Kier molecular flexibility index (Phi) is 8.59. The van der Waals surface area contributed by atoms with E-state index in [1.165, 1.54) is 25.3 Å². The zero-order chi connectivity index (χ0) is 24.1. The second kappa shape index (κ2) is 11.0. The third-order valence-corrected chi connectivity index (χ3v) is 7.28. The topological polar surface area (TPSA) is 55.0 Å². The molecule has 33 heavy (non-hydrogen) atoms. The molecule has 180 valence electrons. The highest BCUT2D eigenvalue weighted by Gasteiger charge is 2.44. The van der Waals surface area contributed by atoms with Crippen molar-refractivity contribution < 1.29 is 13.2 Å². The molecule has 0 aromatic carbocycles. The molecule has 0 spiro atoms. The molecule has 0 bridgehead atoms. The van der Waals surface area contributed by atoms with Crippen LogP contribution in [0.2, 0.25) is 4.34 Å². The smallest absolute Gasteiger partial charge is 0.374 e. The van der Waals surface area contributed by atoms with Crippen molar-refractivity contribution in [3.05, 3.63) is 57.3 Å². The van der Waals surface area contributed by atoms with Gasteiger partial charge >= 0.3 is 6.18 Å². The molecule has 0 amide bonds. The van der Waals surface area contributed by atoms with Crippen molar-refractivity contribution in [1.29, 1.82) is 0 Å². The van der Waals surface area contributed by atoms with Crippen molar-refractivity contribution in [3.63, 3.8) is 0 Å². The van der Waals surface area contributed by atoms with E-state index in [1.54, 1.807) is 42.6 Å². The SMILES string of the molecule is CCCCCCCCN(C)C1=C(C(F)(F)F)CC(N)(c2nc(-c3cccnc3)c(Cl)s2)C=C1. The van der Waals surface area contributed by atoms with Crippen molar-refractivity contribution in [1.82, 2.24) is 14.9 Å². The van der Waals surface area contributed by atoms with Gasteiger partial charge in [0.15, 0.2) is 0 Å². The van der Waals surface area contributed by atoms with Crippen molar-refractivity contribution in [3.8, 4) is 11.3 Å². The van der Waals surface area contributed by atoms with Crippen LogP contribution in [0.5, 0.6) is 0 Å². The summed E-state index contributed by atoms with van der Waals surface area (Å²) in [6, 6.07) is 3.55. The first-order chi connectivity index (χ1) is 15.7. The van der Waals surface area contributed by atoms with Gasteiger partial charge in [-0.05, 0) is 24.6 Å². The minimum absolute atomic E-state index is 0.173. The average molecular weight is 499 g/mol. The normalized spacial score (nSPS) is 18.8. The van der Waals surface area contributed by atoms with Crippen LogP contribution in [0.3, 0.4) is 0 Å². The lowest BCUT2D eigenvalue weighted by atomic mass is 9.85. The van der Waals surface area contributed by atoms with Gasteiger partial charge in [0.05, 0.1) is 11.1 Å². The van der Waals surface area contributed by atoms with E-state index in [2.05, 4.69) is 16.9 Å². The molecule has 2 aromatic heterocycles. The molecule has 0 saturated carbocycles. The van der Waals surface area contributed by atoms with E-state index in [9.17, 15) is 13.2 Å².